The van der Waals surface area contributed by atoms with Gasteiger partial charge in [0.1, 0.15) is 5.01 Å². The number of aryl methyl sites for hydroxylation is 1. The summed E-state index contributed by atoms with van der Waals surface area (Å²) < 4.78 is 0. The van der Waals surface area contributed by atoms with Crippen LogP contribution in [0.1, 0.15) is 35.3 Å². The Labute approximate surface area is 118 Å². The number of thiazole rings is 1. The van der Waals surface area contributed by atoms with Crippen LogP contribution < -0.4 is 5.32 Å². The summed E-state index contributed by atoms with van der Waals surface area (Å²) >= 11 is 1.69. The average molecular weight is 276 g/mol. The average Bonchev–Trinajstić information content (AvgIpc) is 2.84. The van der Waals surface area contributed by atoms with Gasteiger partial charge in [0.15, 0.2) is 0 Å². The fraction of sp³-hybridized carbons (Fsp3) is 0.400. The molecule has 2 atom stereocenters. The summed E-state index contributed by atoms with van der Waals surface area (Å²) in [6.07, 6.45) is 1.88. The van der Waals surface area contributed by atoms with Crippen LogP contribution in [0.15, 0.2) is 36.5 Å². The summed E-state index contributed by atoms with van der Waals surface area (Å²) in [6.45, 7) is 6.44. The maximum absolute atomic E-state index is 10.5. The number of nitrogens with one attached hydrogen (secondary N) is 1. The topological polar surface area (TPSA) is 45.2 Å². The predicted octanol–water partition coefficient (Wildman–Crippen LogP) is 3.01. The van der Waals surface area contributed by atoms with E-state index in [4.69, 9.17) is 0 Å². The maximum Gasteiger partial charge on any atom is 0.109 e. The molecule has 19 heavy (non-hydrogen) atoms. The molecule has 0 aliphatic heterocycles. The lowest BCUT2D eigenvalue weighted by Crippen LogP contribution is -2.36. The van der Waals surface area contributed by atoms with Crippen molar-refractivity contribution in [3.05, 3.63) is 52.0 Å². The van der Waals surface area contributed by atoms with Crippen LogP contribution in [0.5, 0.6) is 0 Å². The first-order chi connectivity index (χ1) is 8.99. The van der Waals surface area contributed by atoms with Crippen LogP contribution >= 0.6 is 11.3 Å². The highest BCUT2D eigenvalue weighted by Crippen LogP contribution is 2.22. The van der Waals surface area contributed by atoms with Crippen LogP contribution in [0.2, 0.25) is 0 Å². The third-order valence-corrected chi connectivity index (χ3v) is 4.25. The fourth-order valence-corrected chi connectivity index (χ4v) is 2.71. The molecule has 0 aliphatic carbocycles. The quantitative estimate of drug-likeness (QED) is 0.882. The first-order valence-electron chi connectivity index (χ1n) is 6.42. The Balaban J connectivity index is 1.98. The summed E-state index contributed by atoms with van der Waals surface area (Å²) in [6, 6.07) is 9.87. The van der Waals surface area contributed by atoms with Gasteiger partial charge in [-0.2, -0.15) is 0 Å². The van der Waals surface area contributed by atoms with Gasteiger partial charge >= 0.3 is 0 Å². The van der Waals surface area contributed by atoms with Crippen LogP contribution in [-0.4, -0.2) is 16.6 Å². The van der Waals surface area contributed by atoms with Crippen molar-refractivity contribution in [2.75, 3.05) is 6.54 Å². The molecule has 2 rings (SSSR count). The molecule has 0 bridgehead atoms. The molecule has 3 nitrogen and oxygen atoms in total. The van der Waals surface area contributed by atoms with Gasteiger partial charge in [-0.3, -0.25) is 0 Å². The molecule has 0 aliphatic rings. The van der Waals surface area contributed by atoms with E-state index < -0.39 is 5.60 Å². The van der Waals surface area contributed by atoms with Gasteiger partial charge < -0.3 is 10.4 Å². The molecule has 0 radical (unpaired) electrons. The van der Waals surface area contributed by atoms with Crippen molar-refractivity contribution in [3.8, 4) is 0 Å². The smallest absolute Gasteiger partial charge is 0.109 e. The van der Waals surface area contributed by atoms with E-state index in [0.717, 1.165) is 10.6 Å². The van der Waals surface area contributed by atoms with Crippen molar-refractivity contribution in [2.45, 2.75) is 32.4 Å². The normalized spacial score (nSPS) is 16.0. The molecule has 0 spiro atoms. The number of rotatable bonds is 5. The lowest BCUT2D eigenvalue weighted by atomic mass is 9.96. The first kappa shape index (κ1) is 14.2. The van der Waals surface area contributed by atoms with E-state index in [-0.39, 0.29) is 6.04 Å². The largest absolute Gasteiger partial charge is 0.384 e. The molecule has 0 saturated carbocycles. The Morgan fingerprint density at radius 1 is 1.37 bits per heavy atom. The lowest BCUT2D eigenvalue weighted by Gasteiger charge is -2.26. The second-order valence-corrected chi connectivity index (χ2v) is 6.32. The van der Waals surface area contributed by atoms with Crippen molar-refractivity contribution < 1.29 is 5.11 Å². The van der Waals surface area contributed by atoms with Crippen LogP contribution in [0, 0.1) is 6.92 Å². The molecule has 2 aromatic rings. The Morgan fingerprint density at radius 2 is 2.05 bits per heavy atom. The number of benzene rings is 1. The molecule has 0 saturated heterocycles. The Morgan fingerprint density at radius 3 is 2.63 bits per heavy atom. The molecule has 0 fully saturated rings. The van der Waals surface area contributed by atoms with Gasteiger partial charge in [0.25, 0.3) is 0 Å². The van der Waals surface area contributed by atoms with Crippen LogP contribution in [0.3, 0.4) is 0 Å². The van der Waals surface area contributed by atoms with Gasteiger partial charge in [0, 0.05) is 17.6 Å². The Kier molecular flexibility index (Phi) is 4.34. The number of hydrogen-bond acceptors (Lipinski definition) is 4. The van der Waals surface area contributed by atoms with E-state index in [0.29, 0.717) is 6.54 Å². The highest BCUT2D eigenvalue weighted by atomic mass is 32.1. The summed E-state index contributed by atoms with van der Waals surface area (Å²) in [5.41, 5.74) is 0.0481. The van der Waals surface area contributed by atoms with E-state index in [9.17, 15) is 5.11 Å². The van der Waals surface area contributed by atoms with Gasteiger partial charge in [-0.1, -0.05) is 30.3 Å². The zero-order valence-electron chi connectivity index (χ0n) is 11.6. The number of aromatic nitrogens is 1. The molecule has 102 valence electrons. The van der Waals surface area contributed by atoms with Crippen molar-refractivity contribution >= 4 is 11.3 Å². The monoisotopic (exact) mass is 276 g/mol. The van der Waals surface area contributed by atoms with Crippen molar-refractivity contribution in [1.29, 1.82) is 0 Å². The number of nitrogens with zero attached hydrogens (tertiary/aromatic N) is 1. The summed E-state index contributed by atoms with van der Waals surface area (Å²) in [5, 5.41) is 14.9. The van der Waals surface area contributed by atoms with E-state index in [1.165, 1.54) is 4.88 Å². The van der Waals surface area contributed by atoms with Crippen LogP contribution in [-0.2, 0) is 5.60 Å². The summed E-state index contributed by atoms with van der Waals surface area (Å²) in [7, 11) is 0. The van der Waals surface area contributed by atoms with Crippen molar-refractivity contribution in [1.82, 2.24) is 10.3 Å². The van der Waals surface area contributed by atoms with E-state index in [1.54, 1.807) is 11.3 Å². The standard InChI is InChI=1S/C15H20N2OS/c1-11-9-16-14(19-11)12(2)17-10-15(3,18)13-7-5-4-6-8-13/h4-9,12,17-18H,10H2,1-3H3. The van der Waals surface area contributed by atoms with E-state index >= 15 is 0 Å². The zero-order valence-corrected chi connectivity index (χ0v) is 12.4. The highest BCUT2D eigenvalue weighted by Gasteiger charge is 2.23. The summed E-state index contributed by atoms with van der Waals surface area (Å²) in [4.78, 5) is 5.57. The Hall–Kier alpha value is -1.23. The minimum Gasteiger partial charge on any atom is -0.384 e. The molecule has 2 unspecified atom stereocenters. The fourth-order valence-electron chi connectivity index (χ4n) is 1.91. The highest BCUT2D eigenvalue weighted by molar-refractivity contribution is 7.11. The number of aliphatic hydroxyl groups is 1. The molecule has 1 heterocycles. The van der Waals surface area contributed by atoms with Crippen LogP contribution in [0.4, 0.5) is 0 Å². The van der Waals surface area contributed by atoms with Crippen LogP contribution in [0.25, 0.3) is 0 Å². The minimum atomic E-state index is -0.873. The van der Waals surface area contributed by atoms with E-state index in [2.05, 4.69) is 17.2 Å². The molecule has 2 N–H and O–H groups in total. The van der Waals surface area contributed by atoms with Crippen molar-refractivity contribution in [3.63, 3.8) is 0 Å². The first-order valence-corrected chi connectivity index (χ1v) is 7.24. The summed E-state index contributed by atoms with van der Waals surface area (Å²) in [5.74, 6) is 0. The molecular weight excluding hydrogens is 256 g/mol. The molecule has 0 amide bonds. The maximum atomic E-state index is 10.5. The zero-order chi connectivity index (χ0) is 13.9. The molecule has 4 heteroatoms. The predicted molar refractivity (Wildman–Crippen MR) is 79.3 cm³/mol. The number of hydrogen-bond donors (Lipinski definition) is 2. The SMILES string of the molecule is Cc1cnc(C(C)NCC(C)(O)c2ccccc2)s1. The van der Waals surface area contributed by atoms with E-state index in [1.807, 2.05) is 50.4 Å². The third kappa shape index (κ3) is 3.62. The minimum absolute atomic E-state index is 0.147. The molecular formula is C15H20N2OS. The van der Waals surface area contributed by atoms with Gasteiger partial charge in [-0.25, -0.2) is 4.98 Å². The lowest BCUT2D eigenvalue weighted by molar-refractivity contribution is 0.0543. The molecule has 1 aromatic heterocycles. The second kappa shape index (κ2) is 5.82. The van der Waals surface area contributed by atoms with Gasteiger partial charge in [-0.05, 0) is 26.3 Å². The van der Waals surface area contributed by atoms with Crippen molar-refractivity contribution in [2.24, 2.45) is 0 Å². The second-order valence-electron chi connectivity index (χ2n) is 5.05. The molecule has 1 aromatic carbocycles. The van der Waals surface area contributed by atoms with Gasteiger partial charge in [0.05, 0.1) is 11.6 Å². The van der Waals surface area contributed by atoms with Gasteiger partial charge in [-0.15, -0.1) is 11.3 Å². The third-order valence-electron chi connectivity index (χ3n) is 3.16. The Bertz CT molecular complexity index is 522. The van der Waals surface area contributed by atoms with Gasteiger partial charge in [0.2, 0.25) is 0 Å².